The van der Waals surface area contributed by atoms with E-state index < -0.39 is 11.7 Å². The zero-order valence-electron chi connectivity index (χ0n) is 12.8. The van der Waals surface area contributed by atoms with E-state index in [0.29, 0.717) is 0 Å². The number of carbonyl (C=O) groups is 1. The molecule has 0 aliphatic heterocycles. The highest BCUT2D eigenvalue weighted by Crippen LogP contribution is 2.18. The van der Waals surface area contributed by atoms with Gasteiger partial charge in [0.25, 0.3) is 5.91 Å². The fourth-order valence-corrected chi connectivity index (χ4v) is 2.26. The first-order chi connectivity index (χ1) is 11.7. The summed E-state index contributed by atoms with van der Waals surface area (Å²) in [6.07, 6.45) is 1.52. The van der Waals surface area contributed by atoms with Crippen LogP contribution in [0, 0.1) is 5.82 Å². The molecule has 1 N–H and O–H groups in total. The molecule has 3 aromatic rings. The molecule has 0 saturated heterocycles. The molecule has 3 aromatic carbocycles. The van der Waals surface area contributed by atoms with Gasteiger partial charge in [0.15, 0.2) is 0 Å². The van der Waals surface area contributed by atoms with E-state index in [0.717, 1.165) is 16.7 Å². The fourth-order valence-electron chi connectivity index (χ4n) is 2.26. The Morgan fingerprint density at radius 3 is 2.17 bits per heavy atom. The molecule has 0 heterocycles. The summed E-state index contributed by atoms with van der Waals surface area (Å²) in [5, 5.41) is 3.87. The SMILES string of the molecule is O=C(N/N=C\c1ccc(-c2ccccc2)cc1)c1ccccc1F. The monoisotopic (exact) mass is 318 g/mol. The lowest BCUT2D eigenvalue weighted by molar-refractivity contribution is 0.0951. The lowest BCUT2D eigenvalue weighted by Crippen LogP contribution is -2.18. The van der Waals surface area contributed by atoms with Crippen LogP contribution in [0.3, 0.4) is 0 Å². The Kier molecular flexibility index (Phi) is 4.77. The summed E-state index contributed by atoms with van der Waals surface area (Å²) in [6, 6.07) is 23.6. The van der Waals surface area contributed by atoms with Gasteiger partial charge in [0.1, 0.15) is 5.82 Å². The van der Waals surface area contributed by atoms with Crippen molar-refractivity contribution in [2.45, 2.75) is 0 Å². The second-order valence-electron chi connectivity index (χ2n) is 5.17. The Morgan fingerprint density at radius 2 is 1.46 bits per heavy atom. The number of nitrogens with one attached hydrogen (secondary N) is 1. The van der Waals surface area contributed by atoms with Gasteiger partial charge >= 0.3 is 0 Å². The van der Waals surface area contributed by atoms with E-state index in [1.165, 1.54) is 24.4 Å². The Morgan fingerprint density at radius 1 is 0.833 bits per heavy atom. The van der Waals surface area contributed by atoms with Gasteiger partial charge in [-0.15, -0.1) is 0 Å². The molecule has 3 nitrogen and oxygen atoms in total. The maximum absolute atomic E-state index is 13.5. The van der Waals surface area contributed by atoms with Crippen LogP contribution in [-0.4, -0.2) is 12.1 Å². The van der Waals surface area contributed by atoms with Crippen molar-refractivity contribution in [2.75, 3.05) is 0 Å². The summed E-state index contributed by atoms with van der Waals surface area (Å²) in [6.45, 7) is 0. The van der Waals surface area contributed by atoms with Gasteiger partial charge in [-0.25, -0.2) is 9.82 Å². The molecular weight excluding hydrogens is 303 g/mol. The zero-order valence-corrected chi connectivity index (χ0v) is 12.8. The second-order valence-corrected chi connectivity index (χ2v) is 5.17. The van der Waals surface area contributed by atoms with Crippen LogP contribution in [0.2, 0.25) is 0 Å². The van der Waals surface area contributed by atoms with Crippen LogP contribution in [0.5, 0.6) is 0 Å². The molecule has 0 bridgehead atoms. The zero-order chi connectivity index (χ0) is 16.8. The number of nitrogens with zero attached hydrogens (tertiary/aromatic N) is 1. The van der Waals surface area contributed by atoms with Crippen molar-refractivity contribution in [2.24, 2.45) is 5.10 Å². The molecule has 0 aromatic heterocycles. The first kappa shape index (κ1) is 15.6. The quantitative estimate of drug-likeness (QED) is 0.567. The van der Waals surface area contributed by atoms with Crippen LogP contribution in [-0.2, 0) is 0 Å². The Hall–Kier alpha value is -3.27. The van der Waals surface area contributed by atoms with Gasteiger partial charge in [-0.05, 0) is 28.8 Å². The summed E-state index contributed by atoms with van der Waals surface area (Å²) < 4.78 is 13.5. The Labute approximate surface area is 139 Å². The standard InChI is InChI=1S/C20H15FN2O/c21-19-9-5-4-8-18(19)20(24)23-22-14-15-10-12-17(13-11-15)16-6-2-1-3-7-16/h1-14H,(H,23,24)/b22-14-. The predicted octanol–water partition coefficient (Wildman–Crippen LogP) is 4.26. The highest BCUT2D eigenvalue weighted by atomic mass is 19.1. The average Bonchev–Trinajstić information content (AvgIpc) is 2.63. The lowest BCUT2D eigenvalue weighted by atomic mass is 10.0. The third-order valence-corrected chi connectivity index (χ3v) is 3.52. The molecule has 0 radical (unpaired) electrons. The lowest BCUT2D eigenvalue weighted by Gasteiger charge is -2.02. The number of rotatable bonds is 4. The van der Waals surface area contributed by atoms with Gasteiger partial charge < -0.3 is 0 Å². The minimum atomic E-state index is -0.578. The van der Waals surface area contributed by atoms with Crippen LogP contribution in [0.25, 0.3) is 11.1 Å². The van der Waals surface area contributed by atoms with E-state index in [9.17, 15) is 9.18 Å². The molecule has 118 valence electrons. The van der Waals surface area contributed by atoms with E-state index in [1.807, 2.05) is 54.6 Å². The summed E-state index contributed by atoms with van der Waals surface area (Å²) in [5.74, 6) is -1.15. The maximum Gasteiger partial charge on any atom is 0.274 e. The summed E-state index contributed by atoms with van der Waals surface area (Å²) in [5.41, 5.74) is 5.36. The minimum absolute atomic E-state index is 0.0333. The Balaban J connectivity index is 1.65. The molecular formula is C20H15FN2O. The maximum atomic E-state index is 13.5. The summed E-state index contributed by atoms with van der Waals surface area (Å²) >= 11 is 0. The molecule has 4 heteroatoms. The number of hydrogen-bond donors (Lipinski definition) is 1. The molecule has 3 rings (SSSR count). The van der Waals surface area contributed by atoms with Gasteiger partial charge in [0.2, 0.25) is 0 Å². The predicted molar refractivity (Wildman–Crippen MR) is 93.3 cm³/mol. The van der Waals surface area contributed by atoms with Crippen LogP contribution in [0.15, 0.2) is 84.0 Å². The molecule has 1 amide bonds. The second kappa shape index (κ2) is 7.33. The number of hydrogen-bond acceptors (Lipinski definition) is 2. The number of benzene rings is 3. The fraction of sp³-hybridized carbons (Fsp3) is 0. The Bertz CT molecular complexity index is 858. The van der Waals surface area contributed by atoms with Crippen molar-refractivity contribution in [1.29, 1.82) is 0 Å². The van der Waals surface area contributed by atoms with Crippen molar-refractivity contribution in [1.82, 2.24) is 5.43 Å². The van der Waals surface area contributed by atoms with Gasteiger partial charge in [-0.2, -0.15) is 5.10 Å². The van der Waals surface area contributed by atoms with Crippen molar-refractivity contribution in [3.63, 3.8) is 0 Å². The molecule has 24 heavy (non-hydrogen) atoms. The minimum Gasteiger partial charge on any atom is -0.267 e. The average molecular weight is 318 g/mol. The molecule has 0 saturated carbocycles. The van der Waals surface area contributed by atoms with Crippen molar-refractivity contribution in [3.8, 4) is 11.1 Å². The first-order valence-corrected chi connectivity index (χ1v) is 7.47. The summed E-state index contributed by atoms with van der Waals surface area (Å²) in [7, 11) is 0. The molecule has 0 atom stereocenters. The largest absolute Gasteiger partial charge is 0.274 e. The number of halogens is 1. The first-order valence-electron chi connectivity index (χ1n) is 7.47. The summed E-state index contributed by atoms with van der Waals surface area (Å²) in [4.78, 5) is 11.8. The highest BCUT2D eigenvalue weighted by molar-refractivity contribution is 5.95. The topological polar surface area (TPSA) is 41.5 Å². The molecule has 0 aliphatic carbocycles. The third kappa shape index (κ3) is 3.73. The van der Waals surface area contributed by atoms with Crippen molar-refractivity contribution >= 4 is 12.1 Å². The van der Waals surface area contributed by atoms with Gasteiger partial charge in [0, 0.05) is 0 Å². The third-order valence-electron chi connectivity index (χ3n) is 3.52. The van der Waals surface area contributed by atoms with Crippen LogP contribution in [0.4, 0.5) is 4.39 Å². The van der Waals surface area contributed by atoms with E-state index in [1.54, 1.807) is 6.07 Å². The normalized spacial score (nSPS) is 10.7. The van der Waals surface area contributed by atoms with E-state index >= 15 is 0 Å². The van der Waals surface area contributed by atoms with Crippen LogP contribution in [0.1, 0.15) is 15.9 Å². The number of carbonyl (C=O) groups excluding carboxylic acids is 1. The van der Waals surface area contributed by atoms with Crippen LogP contribution < -0.4 is 5.43 Å². The molecule has 0 spiro atoms. The van der Waals surface area contributed by atoms with Crippen molar-refractivity contribution in [3.05, 3.63) is 95.8 Å². The van der Waals surface area contributed by atoms with E-state index in [2.05, 4.69) is 10.5 Å². The number of amides is 1. The van der Waals surface area contributed by atoms with Gasteiger partial charge in [0.05, 0.1) is 11.8 Å². The van der Waals surface area contributed by atoms with E-state index in [-0.39, 0.29) is 5.56 Å². The highest BCUT2D eigenvalue weighted by Gasteiger charge is 2.08. The molecule has 0 unspecified atom stereocenters. The van der Waals surface area contributed by atoms with Gasteiger partial charge in [-0.1, -0.05) is 66.7 Å². The van der Waals surface area contributed by atoms with Crippen LogP contribution >= 0.6 is 0 Å². The molecule has 0 aliphatic rings. The van der Waals surface area contributed by atoms with Crippen molar-refractivity contribution < 1.29 is 9.18 Å². The van der Waals surface area contributed by atoms with Gasteiger partial charge in [-0.3, -0.25) is 4.79 Å². The van der Waals surface area contributed by atoms with E-state index in [4.69, 9.17) is 0 Å². The molecule has 0 fully saturated rings. The number of hydrazone groups is 1. The smallest absolute Gasteiger partial charge is 0.267 e.